The van der Waals surface area contributed by atoms with Gasteiger partial charge >= 0.3 is 0 Å². The molecule has 0 unspecified atom stereocenters. The van der Waals surface area contributed by atoms with E-state index in [1.54, 1.807) is 4.52 Å². The van der Waals surface area contributed by atoms with Crippen LogP contribution in [0.15, 0.2) is 29.8 Å². The van der Waals surface area contributed by atoms with Crippen LogP contribution in [-0.4, -0.2) is 26.5 Å². The molecular weight excluding hydrogens is 334 g/mol. The second-order valence-corrected chi connectivity index (χ2v) is 7.46. The minimum absolute atomic E-state index is 0.0363. The summed E-state index contributed by atoms with van der Waals surface area (Å²) in [6, 6.07) is 6.10. The minimum atomic E-state index is 0.0363. The molecule has 1 amide bonds. The Hall–Kier alpha value is -2.41. The number of nitrogens with zero attached hydrogens (tertiary/aromatic N) is 3. The van der Waals surface area contributed by atoms with E-state index in [0.29, 0.717) is 11.7 Å². The van der Waals surface area contributed by atoms with Crippen LogP contribution in [0.25, 0.3) is 16.8 Å². The van der Waals surface area contributed by atoms with Crippen molar-refractivity contribution in [2.24, 2.45) is 0 Å². The molecule has 6 nitrogen and oxygen atoms in total. The van der Waals surface area contributed by atoms with Crippen molar-refractivity contribution in [3.8, 4) is 11.1 Å². The van der Waals surface area contributed by atoms with Crippen molar-refractivity contribution in [2.75, 3.05) is 5.73 Å². The summed E-state index contributed by atoms with van der Waals surface area (Å²) in [5.74, 6) is 0.292. The van der Waals surface area contributed by atoms with Crippen molar-refractivity contribution in [3.05, 3.63) is 34.7 Å². The maximum atomic E-state index is 12.5. The molecule has 3 N–H and O–H groups in total. The van der Waals surface area contributed by atoms with Crippen LogP contribution < -0.4 is 11.1 Å². The van der Waals surface area contributed by atoms with E-state index in [0.717, 1.165) is 28.8 Å². The number of carbonyl (C=O) groups excluding carboxylic acids is 1. The third-order valence-electron chi connectivity index (χ3n) is 4.69. The van der Waals surface area contributed by atoms with Gasteiger partial charge in [-0.05, 0) is 42.0 Å². The Morgan fingerprint density at radius 2 is 2.00 bits per heavy atom. The summed E-state index contributed by atoms with van der Waals surface area (Å²) in [6.45, 7) is 0. The number of fused-ring (bicyclic) bond motifs is 1. The van der Waals surface area contributed by atoms with Gasteiger partial charge in [-0.1, -0.05) is 25.7 Å². The van der Waals surface area contributed by atoms with Crippen LogP contribution in [0.3, 0.4) is 0 Å². The van der Waals surface area contributed by atoms with Gasteiger partial charge in [-0.3, -0.25) is 4.79 Å². The summed E-state index contributed by atoms with van der Waals surface area (Å²) in [7, 11) is 0. The number of nitrogens with one attached hydrogen (secondary N) is 1. The number of anilines is 1. The summed E-state index contributed by atoms with van der Waals surface area (Å²) in [4.78, 5) is 17.4. The second kappa shape index (κ2) is 6.84. The molecule has 0 spiro atoms. The molecule has 3 heterocycles. The molecule has 0 aromatic carbocycles. The SMILES string of the molecule is Nc1nc2ccc(-c3csc(C(=O)NC4CCCCCC4)c3)cn2n1. The van der Waals surface area contributed by atoms with Crippen molar-refractivity contribution in [2.45, 2.75) is 44.6 Å². The first-order chi connectivity index (χ1) is 12.2. The first-order valence-corrected chi connectivity index (χ1v) is 9.59. The topological polar surface area (TPSA) is 85.3 Å². The number of pyridine rings is 1. The van der Waals surface area contributed by atoms with Gasteiger partial charge in [0.2, 0.25) is 5.95 Å². The van der Waals surface area contributed by atoms with Crippen molar-refractivity contribution in [1.82, 2.24) is 19.9 Å². The lowest BCUT2D eigenvalue weighted by atomic mass is 10.1. The van der Waals surface area contributed by atoms with Gasteiger partial charge < -0.3 is 11.1 Å². The highest BCUT2D eigenvalue weighted by molar-refractivity contribution is 7.12. The zero-order valence-corrected chi connectivity index (χ0v) is 14.8. The number of aromatic nitrogens is 3. The lowest BCUT2D eigenvalue weighted by molar-refractivity contribution is 0.0937. The molecule has 3 aromatic rings. The molecule has 1 saturated carbocycles. The van der Waals surface area contributed by atoms with Gasteiger partial charge in [-0.2, -0.15) is 4.98 Å². The molecule has 1 fully saturated rings. The molecule has 1 aliphatic carbocycles. The number of thiophene rings is 1. The number of hydrogen-bond donors (Lipinski definition) is 2. The van der Waals surface area contributed by atoms with Gasteiger partial charge in [-0.15, -0.1) is 16.4 Å². The Balaban J connectivity index is 1.51. The molecule has 1 aliphatic rings. The van der Waals surface area contributed by atoms with Crippen LogP contribution in [0.2, 0.25) is 0 Å². The Bertz CT molecular complexity index is 892. The zero-order valence-electron chi connectivity index (χ0n) is 13.9. The van der Waals surface area contributed by atoms with Crippen LogP contribution in [-0.2, 0) is 0 Å². The highest BCUT2D eigenvalue weighted by Crippen LogP contribution is 2.26. The average Bonchev–Trinajstić information content (AvgIpc) is 3.14. The summed E-state index contributed by atoms with van der Waals surface area (Å²) in [6.07, 6.45) is 9.05. The van der Waals surface area contributed by atoms with Crippen LogP contribution in [0.5, 0.6) is 0 Å². The smallest absolute Gasteiger partial charge is 0.261 e. The zero-order chi connectivity index (χ0) is 17.2. The van der Waals surface area contributed by atoms with E-state index in [2.05, 4.69) is 15.4 Å². The van der Waals surface area contributed by atoms with E-state index in [4.69, 9.17) is 5.73 Å². The highest BCUT2D eigenvalue weighted by Gasteiger charge is 2.17. The van der Waals surface area contributed by atoms with Crippen molar-refractivity contribution < 1.29 is 4.79 Å². The maximum absolute atomic E-state index is 12.5. The number of nitrogen functional groups attached to an aromatic ring is 1. The van der Waals surface area contributed by atoms with E-state index in [9.17, 15) is 4.79 Å². The molecule has 0 saturated heterocycles. The van der Waals surface area contributed by atoms with Crippen molar-refractivity contribution in [3.63, 3.8) is 0 Å². The summed E-state index contributed by atoms with van der Waals surface area (Å²) in [5.41, 5.74) is 8.33. The summed E-state index contributed by atoms with van der Waals surface area (Å²) < 4.78 is 1.66. The molecule has 4 rings (SSSR count). The monoisotopic (exact) mass is 355 g/mol. The van der Waals surface area contributed by atoms with Gasteiger partial charge in [0.1, 0.15) is 0 Å². The molecule has 25 heavy (non-hydrogen) atoms. The van der Waals surface area contributed by atoms with Gasteiger partial charge in [0.05, 0.1) is 4.88 Å². The Morgan fingerprint density at radius 1 is 1.20 bits per heavy atom. The largest absolute Gasteiger partial charge is 0.366 e. The summed E-state index contributed by atoms with van der Waals surface area (Å²) >= 11 is 1.47. The highest BCUT2D eigenvalue weighted by atomic mass is 32.1. The predicted molar refractivity (Wildman–Crippen MR) is 99.7 cm³/mol. The van der Waals surface area contributed by atoms with Gasteiger partial charge in [-0.25, -0.2) is 4.52 Å². The van der Waals surface area contributed by atoms with Crippen molar-refractivity contribution >= 4 is 28.8 Å². The molecule has 0 radical (unpaired) electrons. The fourth-order valence-electron chi connectivity index (χ4n) is 3.36. The van der Waals surface area contributed by atoms with Crippen LogP contribution in [0, 0.1) is 0 Å². The summed E-state index contributed by atoms with van der Waals surface area (Å²) in [5, 5.41) is 9.34. The quantitative estimate of drug-likeness (QED) is 0.704. The first kappa shape index (κ1) is 16.1. The molecule has 130 valence electrons. The third kappa shape index (κ3) is 3.51. The van der Waals surface area contributed by atoms with Gasteiger partial charge in [0, 0.05) is 17.8 Å². The molecular formula is C18H21N5OS. The first-order valence-electron chi connectivity index (χ1n) is 8.71. The fraction of sp³-hybridized carbons (Fsp3) is 0.389. The van der Waals surface area contributed by atoms with E-state index >= 15 is 0 Å². The molecule has 0 bridgehead atoms. The van der Waals surface area contributed by atoms with Crippen LogP contribution in [0.4, 0.5) is 5.95 Å². The lowest BCUT2D eigenvalue weighted by Gasteiger charge is -2.15. The van der Waals surface area contributed by atoms with E-state index in [1.807, 2.05) is 29.8 Å². The maximum Gasteiger partial charge on any atom is 0.261 e. The fourth-order valence-corrected chi connectivity index (χ4v) is 4.18. The molecule has 0 aliphatic heterocycles. The number of amides is 1. The van der Waals surface area contributed by atoms with E-state index < -0.39 is 0 Å². The lowest BCUT2D eigenvalue weighted by Crippen LogP contribution is -2.33. The second-order valence-electron chi connectivity index (χ2n) is 6.55. The Morgan fingerprint density at radius 3 is 2.80 bits per heavy atom. The van der Waals surface area contributed by atoms with Crippen molar-refractivity contribution in [1.29, 1.82) is 0 Å². The van der Waals surface area contributed by atoms with Crippen LogP contribution in [0.1, 0.15) is 48.2 Å². The van der Waals surface area contributed by atoms with E-state index in [1.165, 1.54) is 37.0 Å². The Labute approximate surface area is 150 Å². The number of carbonyl (C=O) groups is 1. The standard InChI is InChI=1S/C18H21N5OS/c19-18-21-16-8-7-12(10-23(16)22-18)13-9-15(25-11-13)17(24)20-14-5-3-1-2-4-6-14/h7-11,14H,1-6H2,(H2,19,22)(H,20,24). The molecule has 3 aromatic heterocycles. The predicted octanol–water partition coefficient (Wildman–Crippen LogP) is 3.49. The minimum Gasteiger partial charge on any atom is -0.366 e. The number of nitrogens with two attached hydrogens (primary N) is 1. The van der Waals surface area contributed by atoms with Gasteiger partial charge in [0.25, 0.3) is 5.91 Å². The third-order valence-corrected chi connectivity index (χ3v) is 5.62. The van der Waals surface area contributed by atoms with Gasteiger partial charge in [0.15, 0.2) is 5.65 Å². The molecule has 7 heteroatoms. The van der Waals surface area contributed by atoms with E-state index in [-0.39, 0.29) is 11.9 Å². The van der Waals surface area contributed by atoms with Crippen LogP contribution >= 0.6 is 11.3 Å². The molecule has 0 atom stereocenters. The Kier molecular flexibility index (Phi) is 4.40. The number of rotatable bonds is 3. The normalized spacial score (nSPS) is 16.0. The average molecular weight is 355 g/mol. The number of hydrogen-bond acceptors (Lipinski definition) is 5.